The van der Waals surface area contributed by atoms with Crippen LogP contribution in [0.2, 0.25) is 5.02 Å². The van der Waals surface area contributed by atoms with Crippen LogP contribution in [0.1, 0.15) is 83.8 Å². The van der Waals surface area contributed by atoms with Gasteiger partial charge in [-0.3, -0.25) is 13.9 Å². The third-order valence-electron chi connectivity index (χ3n) is 9.64. The molecular formula is C34H46ClN3O4S. The minimum atomic E-state index is -3.80. The Kier molecular flexibility index (Phi) is 8.94. The molecule has 0 aromatic heterocycles. The number of carbonyl (C=O) groups is 2. The van der Waals surface area contributed by atoms with E-state index in [-0.39, 0.29) is 17.9 Å². The molecule has 1 N–H and O–H groups in total. The second-order valence-corrected chi connectivity index (χ2v) is 16.7. The van der Waals surface area contributed by atoms with Crippen molar-refractivity contribution in [2.45, 2.75) is 96.2 Å². The number of carbonyl (C=O) groups excluding carboxylic acids is 2. The van der Waals surface area contributed by atoms with Crippen molar-refractivity contribution in [2.75, 3.05) is 17.1 Å². The van der Waals surface area contributed by atoms with Crippen molar-refractivity contribution in [3.8, 4) is 0 Å². The van der Waals surface area contributed by atoms with Crippen LogP contribution >= 0.6 is 11.6 Å². The van der Waals surface area contributed by atoms with Crippen LogP contribution in [0.3, 0.4) is 0 Å². The van der Waals surface area contributed by atoms with Crippen LogP contribution in [-0.2, 0) is 31.6 Å². The first-order chi connectivity index (χ1) is 20.2. The maximum atomic E-state index is 14.0. The van der Waals surface area contributed by atoms with Crippen molar-refractivity contribution in [1.29, 1.82) is 0 Å². The van der Waals surface area contributed by atoms with E-state index in [1.165, 1.54) is 53.3 Å². The summed E-state index contributed by atoms with van der Waals surface area (Å²) in [6, 6.07) is 14.2. The molecule has 0 aliphatic heterocycles. The lowest BCUT2D eigenvalue weighted by Gasteiger charge is -2.57. The van der Waals surface area contributed by atoms with Gasteiger partial charge in [-0.1, -0.05) is 42.8 Å². The van der Waals surface area contributed by atoms with Gasteiger partial charge in [0, 0.05) is 17.1 Å². The second-order valence-electron chi connectivity index (χ2n) is 14.3. The summed E-state index contributed by atoms with van der Waals surface area (Å²) in [7, 11) is -3.80. The molecule has 4 bridgehead atoms. The fourth-order valence-corrected chi connectivity index (χ4v) is 9.19. The van der Waals surface area contributed by atoms with Gasteiger partial charge in [0.2, 0.25) is 21.8 Å². The Labute approximate surface area is 262 Å². The van der Waals surface area contributed by atoms with E-state index < -0.39 is 34.1 Å². The highest BCUT2D eigenvalue weighted by molar-refractivity contribution is 7.92. The highest BCUT2D eigenvalue weighted by Gasteiger charge is 2.51. The van der Waals surface area contributed by atoms with Gasteiger partial charge in [0.15, 0.2) is 0 Å². The molecule has 0 radical (unpaired) electrons. The summed E-state index contributed by atoms with van der Waals surface area (Å²) < 4.78 is 27.4. The molecule has 7 nitrogen and oxygen atoms in total. The van der Waals surface area contributed by atoms with E-state index in [2.05, 4.69) is 17.4 Å². The number of anilines is 1. The number of sulfonamides is 1. The first-order valence-electron chi connectivity index (χ1n) is 15.6. The number of hydrogen-bond donors (Lipinski definition) is 1. The zero-order valence-corrected chi connectivity index (χ0v) is 27.7. The van der Waals surface area contributed by atoms with E-state index in [9.17, 15) is 18.0 Å². The molecule has 0 unspecified atom stereocenters. The lowest BCUT2D eigenvalue weighted by atomic mass is 9.48. The van der Waals surface area contributed by atoms with Crippen LogP contribution in [0.25, 0.3) is 0 Å². The summed E-state index contributed by atoms with van der Waals surface area (Å²) in [6.45, 7) is 7.27. The Hall–Kier alpha value is -2.58. The lowest BCUT2D eigenvalue weighted by Crippen LogP contribution is -2.55. The molecule has 4 aliphatic rings. The normalized spacial score (nSPS) is 25.3. The zero-order valence-electron chi connectivity index (χ0n) is 26.1. The predicted molar refractivity (Wildman–Crippen MR) is 172 cm³/mol. The van der Waals surface area contributed by atoms with Crippen molar-refractivity contribution in [1.82, 2.24) is 10.2 Å². The lowest BCUT2D eigenvalue weighted by molar-refractivity contribution is -0.141. The van der Waals surface area contributed by atoms with Gasteiger partial charge in [-0.05, 0) is 124 Å². The van der Waals surface area contributed by atoms with Crippen LogP contribution in [0, 0.1) is 17.8 Å². The van der Waals surface area contributed by atoms with Gasteiger partial charge in [0.05, 0.1) is 11.9 Å². The average molecular weight is 628 g/mol. The Balaban J connectivity index is 1.41. The van der Waals surface area contributed by atoms with E-state index in [1.807, 2.05) is 52.0 Å². The minimum Gasteiger partial charge on any atom is -0.350 e. The van der Waals surface area contributed by atoms with Crippen LogP contribution in [0.4, 0.5) is 5.69 Å². The molecule has 1 atom stereocenters. The number of rotatable bonds is 10. The Morgan fingerprint density at radius 1 is 0.953 bits per heavy atom. The second kappa shape index (κ2) is 12.1. The standard InChI is InChI=1S/C34H46ClN3O4S/c1-6-30(32(40)36-33(2,3)4)37(21-23-7-11-28(35)12-8-23)31(39)22-38(43(5,41)42)29-13-9-27(10-14-29)34-18-24-15-25(19-34)17-26(16-24)20-34/h7-14,24-26,30H,6,15-22H2,1-5H3,(H,36,40)/t24?,25?,26?,30-,34?/m1/s1. The maximum Gasteiger partial charge on any atom is 0.244 e. The van der Waals surface area contributed by atoms with E-state index in [0.29, 0.717) is 17.1 Å². The minimum absolute atomic E-state index is 0.147. The molecular weight excluding hydrogens is 582 g/mol. The van der Waals surface area contributed by atoms with Gasteiger partial charge in [-0.25, -0.2) is 8.42 Å². The van der Waals surface area contributed by atoms with Crippen molar-refractivity contribution in [3.05, 3.63) is 64.7 Å². The SMILES string of the molecule is CC[C@H](C(=O)NC(C)(C)C)N(Cc1ccc(Cl)cc1)C(=O)CN(c1ccc(C23CC4CC(CC(C4)C2)C3)cc1)S(C)(=O)=O. The van der Waals surface area contributed by atoms with Crippen LogP contribution in [-0.4, -0.2) is 49.5 Å². The molecule has 234 valence electrons. The topological polar surface area (TPSA) is 86.8 Å². The summed E-state index contributed by atoms with van der Waals surface area (Å²) in [5, 5.41) is 3.56. The molecule has 2 aromatic rings. The molecule has 4 saturated carbocycles. The molecule has 6 rings (SSSR count). The summed E-state index contributed by atoms with van der Waals surface area (Å²) >= 11 is 6.09. The van der Waals surface area contributed by atoms with Gasteiger partial charge in [-0.15, -0.1) is 0 Å². The smallest absolute Gasteiger partial charge is 0.244 e. The Morgan fingerprint density at radius 2 is 1.49 bits per heavy atom. The largest absolute Gasteiger partial charge is 0.350 e. The fourth-order valence-electron chi connectivity index (χ4n) is 8.22. The first kappa shape index (κ1) is 31.8. The van der Waals surface area contributed by atoms with Gasteiger partial charge < -0.3 is 10.2 Å². The van der Waals surface area contributed by atoms with Crippen LogP contribution < -0.4 is 9.62 Å². The van der Waals surface area contributed by atoms with E-state index in [4.69, 9.17) is 11.6 Å². The quantitative estimate of drug-likeness (QED) is 0.335. The van der Waals surface area contributed by atoms with Gasteiger partial charge in [-0.2, -0.15) is 0 Å². The molecule has 0 spiro atoms. The van der Waals surface area contributed by atoms with Gasteiger partial charge in [0.25, 0.3) is 0 Å². The molecule has 4 aliphatic carbocycles. The maximum absolute atomic E-state index is 14.0. The summed E-state index contributed by atoms with van der Waals surface area (Å²) in [4.78, 5) is 28.9. The summed E-state index contributed by atoms with van der Waals surface area (Å²) in [5.41, 5.74) is 2.26. The molecule has 43 heavy (non-hydrogen) atoms. The summed E-state index contributed by atoms with van der Waals surface area (Å²) in [5.74, 6) is 1.71. The molecule has 9 heteroatoms. The predicted octanol–water partition coefficient (Wildman–Crippen LogP) is 6.30. The number of halogens is 1. The molecule has 4 fully saturated rings. The highest BCUT2D eigenvalue weighted by Crippen LogP contribution is 2.60. The van der Waals surface area contributed by atoms with Crippen molar-refractivity contribution < 1.29 is 18.0 Å². The van der Waals surface area contributed by atoms with Crippen LogP contribution in [0.5, 0.6) is 0 Å². The first-order valence-corrected chi connectivity index (χ1v) is 17.8. The number of benzene rings is 2. The van der Waals surface area contributed by atoms with E-state index >= 15 is 0 Å². The number of nitrogens with one attached hydrogen (secondary N) is 1. The van der Waals surface area contributed by atoms with E-state index in [1.54, 1.807) is 12.1 Å². The Bertz CT molecular complexity index is 1400. The number of nitrogens with zero attached hydrogens (tertiary/aromatic N) is 2. The molecule has 0 heterocycles. The highest BCUT2D eigenvalue weighted by atomic mass is 35.5. The third kappa shape index (κ3) is 7.22. The van der Waals surface area contributed by atoms with Crippen molar-refractivity contribution in [2.24, 2.45) is 17.8 Å². The summed E-state index contributed by atoms with van der Waals surface area (Å²) in [6.07, 6.45) is 9.26. The van der Waals surface area contributed by atoms with Gasteiger partial charge in [0.1, 0.15) is 12.6 Å². The molecule has 0 saturated heterocycles. The van der Waals surface area contributed by atoms with Gasteiger partial charge >= 0.3 is 0 Å². The number of hydrogen-bond acceptors (Lipinski definition) is 4. The average Bonchev–Trinajstić information content (AvgIpc) is 2.90. The Morgan fingerprint density at radius 3 is 1.95 bits per heavy atom. The number of amides is 2. The molecule has 2 amide bonds. The fraction of sp³-hybridized carbons (Fsp3) is 0.588. The van der Waals surface area contributed by atoms with E-state index in [0.717, 1.165) is 29.6 Å². The van der Waals surface area contributed by atoms with Crippen molar-refractivity contribution in [3.63, 3.8) is 0 Å². The zero-order chi connectivity index (χ0) is 31.2. The third-order valence-corrected chi connectivity index (χ3v) is 11.0. The molecule has 2 aromatic carbocycles. The van der Waals surface area contributed by atoms with Crippen molar-refractivity contribution >= 4 is 39.1 Å². The monoisotopic (exact) mass is 627 g/mol. The van der Waals surface area contributed by atoms with Crippen LogP contribution in [0.15, 0.2) is 48.5 Å².